The Bertz CT molecular complexity index is 1000. The summed E-state index contributed by atoms with van der Waals surface area (Å²) in [5.74, 6) is -0.717. The Morgan fingerprint density at radius 3 is 2.85 bits per heavy atom. The molecule has 0 aromatic carbocycles. The molecule has 0 atom stereocenters. The van der Waals surface area contributed by atoms with Crippen LogP contribution in [0.25, 0.3) is 11.5 Å². The number of nitrogens with one attached hydrogen (secondary N) is 1. The molecular formula is C16H15N7O3. The summed E-state index contributed by atoms with van der Waals surface area (Å²) in [6, 6.07) is 3.49. The Hall–Kier alpha value is -3.69. The van der Waals surface area contributed by atoms with E-state index in [-0.39, 0.29) is 29.0 Å². The van der Waals surface area contributed by atoms with Crippen LogP contribution < -0.4 is 16.8 Å². The molecule has 1 fully saturated rings. The van der Waals surface area contributed by atoms with Gasteiger partial charge in [0.05, 0.1) is 11.7 Å². The molecule has 0 spiro atoms. The molecule has 132 valence electrons. The maximum atomic E-state index is 12.4. The van der Waals surface area contributed by atoms with E-state index in [1.54, 1.807) is 23.0 Å². The van der Waals surface area contributed by atoms with Gasteiger partial charge in [0.1, 0.15) is 12.1 Å². The van der Waals surface area contributed by atoms with Gasteiger partial charge in [-0.3, -0.25) is 14.3 Å². The predicted octanol–water partition coefficient (Wildman–Crippen LogP) is 1.20. The Morgan fingerprint density at radius 2 is 2.15 bits per heavy atom. The van der Waals surface area contributed by atoms with Gasteiger partial charge in [0.15, 0.2) is 11.4 Å². The fraction of sp³-hybridized carbons (Fsp3) is 0.188. The van der Waals surface area contributed by atoms with Crippen LogP contribution in [0.3, 0.4) is 0 Å². The summed E-state index contributed by atoms with van der Waals surface area (Å²) in [6.07, 6.45) is 6.29. The fourth-order valence-electron chi connectivity index (χ4n) is 2.47. The van der Waals surface area contributed by atoms with Gasteiger partial charge in [0.2, 0.25) is 5.89 Å². The molecule has 3 heterocycles. The number of pyridine rings is 1. The molecule has 5 N–H and O–H groups in total. The molecule has 2 amide bonds. The Morgan fingerprint density at radius 1 is 1.35 bits per heavy atom. The number of nitrogen functional groups attached to an aromatic ring is 1. The predicted molar refractivity (Wildman–Crippen MR) is 91.1 cm³/mol. The van der Waals surface area contributed by atoms with Gasteiger partial charge in [-0.15, -0.1) is 0 Å². The maximum absolute atomic E-state index is 12.4. The van der Waals surface area contributed by atoms with Crippen molar-refractivity contribution in [3.8, 4) is 11.5 Å². The molecule has 3 aromatic heterocycles. The molecule has 4 rings (SSSR count). The van der Waals surface area contributed by atoms with Crippen LogP contribution >= 0.6 is 0 Å². The molecule has 26 heavy (non-hydrogen) atoms. The standard InChI is InChI=1S/C16H15N7O3/c17-12-5-8(3-4-19-12)16-21-11(7-26-16)15(25)20-10-6-23(9-1-2-9)22-13(10)14(18)24/h3-7,9H,1-2H2,(H2,17,19)(H2,18,24)(H,20,25). The minimum Gasteiger partial charge on any atom is -0.444 e. The summed E-state index contributed by atoms with van der Waals surface area (Å²) >= 11 is 0. The van der Waals surface area contributed by atoms with Crippen LogP contribution in [0.1, 0.15) is 39.9 Å². The number of rotatable bonds is 5. The lowest BCUT2D eigenvalue weighted by atomic mass is 10.2. The van der Waals surface area contributed by atoms with Crippen LogP contribution in [-0.2, 0) is 0 Å². The number of hydrogen-bond donors (Lipinski definition) is 3. The van der Waals surface area contributed by atoms with Gasteiger partial charge < -0.3 is 21.2 Å². The zero-order valence-corrected chi connectivity index (χ0v) is 13.5. The number of oxazole rings is 1. The molecule has 3 aromatic rings. The third kappa shape index (κ3) is 2.99. The summed E-state index contributed by atoms with van der Waals surface area (Å²) in [4.78, 5) is 32.0. The van der Waals surface area contributed by atoms with E-state index >= 15 is 0 Å². The van der Waals surface area contributed by atoms with Crippen LogP contribution in [0, 0.1) is 0 Å². The van der Waals surface area contributed by atoms with Gasteiger partial charge in [-0.1, -0.05) is 0 Å². The van der Waals surface area contributed by atoms with E-state index in [1.807, 2.05) is 0 Å². The Balaban J connectivity index is 1.56. The first kappa shape index (κ1) is 15.8. The first-order valence-electron chi connectivity index (χ1n) is 7.89. The second kappa shape index (κ2) is 5.99. The second-order valence-corrected chi connectivity index (χ2v) is 5.93. The molecule has 10 heteroatoms. The zero-order valence-electron chi connectivity index (χ0n) is 13.5. The lowest BCUT2D eigenvalue weighted by molar-refractivity contribution is 0.0995. The highest BCUT2D eigenvalue weighted by molar-refractivity contribution is 6.07. The quantitative estimate of drug-likeness (QED) is 0.622. The van der Waals surface area contributed by atoms with E-state index in [0.29, 0.717) is 11.4 Å². The number of nitrogens with zero attached hydrogens (tertiary/aromatic N) is 4. The first-order valence-corrected chi connectivity index (χ1v) is 7.89. The van der Waals surface area contributed by atoms with Crippen molar-refractivity contribution in [2.45, 2.75) is 18.9 Å². The summed E-state index contributed by atoms with van der Waals surface area (Å²) in [6.45, 7) is 0. The third-order valence-electron chi connectivity index (χ3n) is 3.90. The molecule has 0 bridgehead atoms. The minimum atomic E-state index is -0.715. The van der Waals surface area contributed by atoms with Crippen LogP contribution in [-0.4, -0.2) is 31.6 Å². The fourth-order valence-corrected chi connectivity index (χ4v) is 2.47. The summed E-state index contributed by atoms with van der Waals surface area (Å²) in [5, 5.41) is 6.75. The number of carbonyl (C=O) groups is 2. The van der Waals surface area contributed by atoms with Crippen molar-refractivity contribution >= 4 is 23.3 Å². The molecule has 0 aliphatic heterocycles. The molecule has 1 aliphatic carbocycles. The maximum Gasteiger partial charge on any atom is 0.277 e. The Kier molecular flexibility index (Phi) is 3.64. The van der Waals surface area contributed by atoms with Gasteiger partial charge >= 0.3 is 0 Å². The van der Waals surface area contributed by atoms with Crippen LogP contribution in [0.15, 0.2) is 35.2 Å². The highest BCUT2D eigenvalue weighted by atomic mass is 16.3. The summed E-state index contributed by atoms with van der Waals surface area (Å²) in [7, 11) is 0. The Labute approximate surface area is 147 Å². The van der Waals surface area contributed by atoms with Gasteiger partial charge in [0, 0.05) is 18.0 Å². The normalized spacial score (nSPS) is 13.5. The highest BCUT2D eigenvalue weighted by Crippen LogP contribution is 2.35. The van der Waals surface area contributed by atoms with E-state index in [1.165, 1.54) is 12.5 Å². The smallest absolute Gasteiger partial charge is 0.277 e. The van der Waals surface area contributed by atoms with Gasteiger partial charge in [-0.05, 0) is 25.0 Å². The average molecular weight is 353 g/mol. The number of aromatic nitrogens is 4. The van der Waals surface area contributed by atoms with Crippen molar-refractivity contribution in [3.05, 3.63) is 42.2 Å². The SMILES string of the molecule is NC(=O)c1nn(C2CC2)cc1NC(=O)c1coc(-c2ccnc(N)c2)n1. The van der Waals surface area contributed by atoms with Crippen molar-refractivity contribution in [2.75, 3.05) is 11.1 Å². The van der Waals surface area contributed by atoms with E-state index in [9.17, 15) is 9.59 Å². The van der Waals surface area contributed by atoms with Crippen molar-refractivity contribution in [1.29, 1.82) is 0 Å². The van der Waals surface area contributed by atoms with Gasteiger partial charge in [-0.2, -0.15) is 5.10 Å². The van der Waals surface area contributed by atoms with Crippen LogP contribution in [0.5, 0.6) is 0 Å². The molecule has 0 radical (unpaired) electrons. The van der Waals surface area contributed by atoms with Crippen LogP contribution in [0.2, 0.25) is 0 Å². The van der Waals surface area contributed by atoms with E-state index in [0.717, 1.165) is 12.8 Å². The lowest BCUT2D eigenvalue weighted by Gasteiger charge is -2.00. The van der Waals surface area contributed by atoms with E-state index < -0.39 is 11.8 Å². The third-order valence-corrected chi connectivity index (χ3v) is 3.90. The van der Waals surface area contributed by atoms with E-state index in [2.05, 4.69) is 20.4 Å². The number of primary amides is 1. The van der Waals surface area contributed by atoms with Crippen molar-refractivity contribution in [2.24, 2.45) is 5.73 Å². The highest BCUT2D eigenvalue weighted by Gasteiger charge is 2.28. The number of carbonyl (C=O) groups excluding carboxylic acids is 2. The monoisotopic (exact) mass is 353 g/mol. The molecule has 1 aliphatic rings. The number of nitrogens with two attached hydrogens (primary N) is 2. The van der Waals surface area contributed by atoms with Crippen molar-refractivity contribution < 1.29 is 14.0 Å². The first-order chi connectivity index (χ1) is 12.5. The second-order valence-electron chi connectivity index (χ2n) is 5.93. The summed E-state index contributed by atoms with van der Waals surface area (Å²) < 4.78 is 6.97. The van der Waals surface area contributed by atoms with Crippen LogP contribution in [0.4, 0.5) is 11.5 Å². The van der Waals surface area contributed by atoms with Gasteiger partial charge in [-0.25, -0.2) is 9.97 Å². The number of anilines is 2. The largest absolute Gasteiger partial charge is 0.444 e. The van der Waals surface area contributed by atoms with E-state index in [4.69, 9.17) is 15.9 Å². The molecule has 10 nitrogen and oxygen atoms in total. The average Bonchev–Trinajstić information content (AvgIpc) is 3.18. The molecule has 1 saturated carbocycles. The molecule has 0 unspecified atom stereocenters. The zero-order chi connectivity index (χ0) is 18.3. The number of hydrogen-bond acceptors (Lipinski definition) is 7. The van der Waals surface area contributed by atoms with Crippen molar-refractivity contribution in [1.82, 2.24) is 19.7 Å². The lowest BCUT2D eigenvalue weighted by Crippen LogP contribution is -2.18. The topological polar surface area (TPSA) is 155 Å². The minimum absolute atomic E-state index is 0.0101. The molecular weight excluding hydrogens is 338 g/mol. The van der Waals surface area contributed by atoms with Crippen molar-refractivity contribution in [3.63, 3.8) is 0 Å². The summed E-state index contributed by atoms with van der Waals surface area (Å²) in [5.41, 5.74) is 11.9. The van der Waals surface area contributed by atoms with Gasteiger partial charge in [0.25, 0.3) is 11.8 Å². The molecule has 0 saturated heterocycles. The number of amides is 2.